The molecule has 7 nitrogen and oxygen atoms in total. The lowest BCUT2D eigenvalue weighted by Crippen LogP contribution is -2.41. The van der Waals surface area contributed by atoms with Crippen LogP contribution in [-0.4, -0.2) is 54.2 Å². The lowest BCUT2D eigenvalue weighted by atomic mass is 9.84. The highest BCUT2D eigenvalue weighted by Gasteiger charge is 2.44. The van der Waals surface area contributed by atoms with Crippen molar-refractivity contribution in [2.45, 2.75) is 57.7 Å². The van der Waals surface area contributed by atoms with Crippen LogP contribution in [0.2, 0.25) is 0 Å². The third kappa shape index (κ3) is 4.58. The average Bonchev–Trinajstić information content (AvgIpc) is 3.06. The largest absolute Gasteiger partial charge is 0.493 e. The van der Waals surface area contributed by atoms with Crippen LogP contribution in [0.25, 0.3) is 0 Å². The van der Waals surface area contributed by atoms with E-state index >= 15 is 0 Å². The summed E-state index contributed by atoms with van der Waals surface area (Å²) in [7, 11) is 1.56. The lowest BCUT2D eigenvalue weighted by Gasteiger charge is -2.33. The second kappa shape index (κ2) is 9.28. The van der Waals surface area contributed by atoms with E-state index in [4.69, 9.17) is 9.47 Å². The van der Waals surface area contributed by atoms with Gasteiger partial charge in [0.2, 0.25) is 0 Å². The predicted octanol–water partition coefficient (Wildman–Crippen LogP) is 2.43. The Morgan fingerprint density at radius 3 is 2.75 bits per heavy atom. The molecule has 2 fully saturated rings. The van der Waals surface area contributed by atoms with Crippen molar-refractivity contribution in [3.8, 4) is 11.5 Å². The standard InChI is InChI=1S/C21H30N2O5/c1-3-22-20(24)13-28-18-9-8-14(10-19(18)27-2)12-23-16-7-5-4-6-15(16)11-17(23)21(25)26/h8-10,15-17H,3-7,11-13H2,1-2H3,(H,22,24)(H,25,26). The van der Waals surface area contributed by atoms with E-state index < -0.39 is 12.0 Å². The van der Waals surface area contributed by atoms with Crippen LogP contribution in [0.4, 0.5) is 0 Å². The molecule has 1 saturated carbocycles. The van der Waals surface area contributed by atoms with E-state index in [0.29, 0.717) is 36.5 Å². The molecule has 0 radical (unpaired) electrons. The van der Waals surface area contributed by atoms with Crippen LogP contribution < -0.4 is 14.8 Å². The van der Waals surface area contributed by atoms with Gasteiger partial charge in [0, 0.05) is 19.1 Å². The number of likely N-dealkylation sites (N-methyl/N-ethyl adjacent to an activating group) is 1. The van der Waals surface area contributed by atoms with Gasteiger partial charge in [-0.3, -0.25) is 14.5 Å². The zero-order valence-electron chi connectivity index (χ0n) is 16.6. The van der Waals surface area contributed by atoms with Gasteiger partial charge in [-0.1, -0.05) is 18.9 Å². The molecule has 3 rings (SSSR count). The summed E-state index contributed by atoms with van der Waals surface area (Å²) in [4.78, 5) is 25.6. The zero-order valence-corrected chi connectivity index (χ0v) is 16.6. The van der Waals surface area contributed by atoms with E-state index in [1.165, 1.54) is 12.8 Å². The van der Waals surface area contributed by atoms with Crippen LogP contribution >= 0.6 is 0 Å². The van der Waals surface area contributed by atoms with Crippen LogP contribution in [0.3, 0.4) is 0 Å². The Morgan fingerprint density at radius 2 is 2.04 bits per heavy atom. The number of likely N-dealkylation sites (tertiary alicyclic amines) is 1. The molecule has 3 atom stereocenters. The molecule has 2 N–H and O–H groups in total. The van der Waals surface area contributed by atoms with Crippen LogP contribution in [-0.2, 0) is 16.1 Å². The van der Waals surface area contributed by atoms with Gasteiger partial charge in [0.05, 0.1) is 7.11 Å². The van der Waals surface area contributed by atoms with Gasteiger partial charge < -0.3 is 19.9 Å². The van der Waals surface area contributed by atoms with Gasteiger partial charge in [0.25, 0.3) is 5.91 Å². The Morgan fingerprint density at radius 1 is 1.25 bits per heavy atom. The topological polar surface area (TPSA) is 88.1 Å². The number of carboxylic acids is 1. The van der Waals surface area contributed by atoms with Crippen LogP contribution in [0, 0.1) is 5.92 Å². The monoisotopic (exact) mass is 390 g/mol. The molecule has 2 aliphatic rings. The number of methoxy groups -OCH3 is 1. The summed E-state index contributed by atoms with van der Waals surface area (Å²) in [5.74, 6) is 0.621. The molecule has 7 heteroatoms. The highest BCUT2D eigenvalue weighted by atomic mass is 16.5. The number of hydrogen-bond donors (Lipinski definition) is 2. The Hall–Kier alpha value is -2.28. The number of rotatable bonds is 8. The zero-order chi connectivity index (χ0) is 20.1. The minimum atomic E-state index is -0.733. The van der Waals surface area contributed by atoms with Crippen molar-refractivity contribution in [3.63, 3.8) is 0 Å². The summed E-state index contributed by atoms with van der Waals surface area (Å²) in [5.41, 5.74) is 0.986. The minimum absolute atomic E-state index is 0.0689. The van der Waals surface area contributed by atoms with Crippen LogP contribution in [0.5, 0.6) is 11.5 Å². The fourth-order valence-electron chi connectivity index (χ4n) is 4.55. The van der Waals surface area contributed by atoms with E-state index in [1.54, 1.807) is 13.2 Å². The maximum Gasteiger partial charge on any atom is 0.320 e. The van der Waals surface area contributed by atoms with Gasteiger partial charge in [-0.15, -0.1) is 0 Å². The van der Waals surface area contributed by atoms with Crippen molar-refractivity contribution < 1.29 is 24.2 Å². The van der Waals surface area contributed by atoms with E-state index in [1.807, 2.05) is 19.1 Å². The molecule has 1 heterocycles. The van der Waals surface area contributed by atoms with Gasteiger partial charge in [-0.2, -0.15) is 0 Å². The molecule has 154 valence electrons. The van der Waals surface area contributed by atoms with Crippen molar-refractivity contribution in [1.29, 1.82) is 0 Å². The number of carbonyl (C=O) groups is 2. The maximum absolute atomic E-state index is 11.8. The number of nitrogens with one attached hydrogen (secondary N) is 1. The van der Waals surface area contributed by atoms with Gasteiger partial charge >= 0.3 is 5.97 Å². The van der Waals surface area contributed by atoms with Crippen LogP contribution in [0.15, 0.2) is 18.2 Å². The molecule has 1 aromatic rings. The second-order valence-electron chi connectivity index (χ2n) is 7.60. The highest BCUT2D eigenvalue weighted by molar-refractivity contribution is 5.77. The third-order valence-corrected chi connectivity index (χ3v) is 5.83. The number of aliphatic carboxylic acids is 1. The first-order valence-electron chi connectivity index (χ1n) is 10.1. The maximum atomic E-state index is 11.8. The van der Waals surface area contributed by atoms with Gasteiger partial charge in [0.1, 0.15) is 6.04 Å². The summed E-state index contributed by atoms with van der Waals surface area (Å²) < 4.78 is 11.0. The molecular formula is C21H30N2O5. The number of carbonyl (C=O) groups excluding carboxylic acids is 1. The van der Waals surface area contributed by atoms with Crippen molar-refractivity contribution in [2.24, 2.45) is 5.92 Å². The Bertz CT molecular complexity index is 708. The summed E-state index contributed by atoms with van der Waals surface area (Å²) in [6.07, 6.45) is 5.30. The second-order valence-corrected chi connectivity index (χ2v) is 7.60. The summed E-state index contributed by atoms with van der Waals surface area (Å²) in [5, 5.41) is 12.4. The molecule has 3 unspecified atom stereocenters. The van der Waals surface area contributed by atoms with Crippen molar-refractivity contribution >= 4 is 11.9 Å². The van der Waals surface area contributed by atoms with E-state index in [-0.39, 0.29) is 12.5 Å². The number of benzene rings is 1. The molecule has 1 amide bonds. The molecule has 28 heavy (non-hydrogen) atoms. The van der Waals surface area contributed by atoms with E-state index in [9.17, 15) is 14.7 Å². The number of ether oxygens (including phenoxy) is 2. The molecule has 1 saturated heterocycles. The summed E-state index contributed by atoms with van der Waals surface area (Å²) in [6.45, 7) is 2.92. The average molecular weight is 390 g/mol. The van der Waals surface area contributed by atoms with Gasteiger partial charge in [-0.05, 0) is 49.8 Å². The summed E-state index contributed by atoms with van der Waals surface area (Å²) >= 11 is 0. The molecule has 0 spiro atoms. The van der Waals surface area contributed by atoms with Crippen LogP contribution in [0.1, 0.15) is 44.6 Å². The quantitative estimate of drug-likeness (QED) is 0.709. The lowest BCUT2D eigenvalue weighted by molar-refractivity contribution is -0.142. The third-order valence-electron chi connectivity index (χ3n) is 5.83. The molecule has 1 aromatic carbocycles. The Labute approximate surface area is 166 Å². The first kappa shape index (κ1) is 20.5. The first-order valence-corrected chi connectivity index (χ1v) is 10.1. The molecular weight excluding hydrogens is 360 g/mol. The number of carboxylic acid groups (broad SMARTS) is 1. The van der Waals surface area contributed by atoms with Gasteiger partial charge in [-0.25, -0.2) is 0 Å². The molecule has 1 aliphatic carbocycles. The SMILES string of the molecule is CCNC(=O)COc1ccc(CN2C(C(=O)O)CC3CCCCC32)cc1OC. The number of amides is 1. The number of nitrogens with zero attached hydrogens (tertiary/aromatic N) is 1. The summed E-state index contributed by atoms with van der Waals surface area (Å²) in [6, 6.07) is 5.51. The van der Waals surface area contributed by atoms with Gasteiger partial charge in [0.15, 0.2) is 18.1 Å². The van der Waals surface area contributed by atoms with Crippen molar-refractivity contribution in [3.05, 3.63) is 23.8 Å². The normalized spacial score (nSPS) is 24.4. The van der Waals surface area contributed by atoms with E-state index in [0.717, 1.165) is 24.8 Å². The highest BCUT2D eigenvalue weighted by Crippen LogP contribution is 2.41. The molecule has 1 aliphatic heterocycles. The number of hydrogen-bond acceptors (Lipinski definition) is 5. The Kier molecular flexibility index (Phi) is 6.78. The predicted molar refractivity (Wildman–Crippen MR) is 105 cm³/mol. The van der Waals surface area contributed by atoms with E-state index in [2.05, 4.69) is 10.2 Å². The molecule has 0 aromatic heterocycles. The fourth-order valence-corrected chi connectivity index (χ4v) is 4.55. The molecule has 0 bridgehead atoms. The smallest absolute Gasteiger partial charge is 0.320 e. The first-order chi connectivity index (χ1) is 13.5. The minimum Gasteiger partial charge on any atom is -0.493 e. The van der Waals surface area contributed by atoms with Crippen molar-refractivity contribution in [1.82, 2.24) is 10.2 Å². The van der Waals surface area contributed by atoms with Crippen molar-refractivity contribution in [2.75, 3.05) is 20.3 Å². The number of fused-ring (bicyclic) bond motifs is 1. The fraction of sp³-hybridized carbons (Fsp3) is 0.619. The Balaban J connectivity index is 1.72.